The van der Waals surface area contributed by atoms with Gasteiger partial charge in [-0.05, 0) is 31.4 Å². The van der Waals surface area contributed by atoms with Crippen molar-refractivity contribution < 1.29 is 14.3 Å². The summed E-state index contributed by atoms with van der Waals surface area (Å²) >= 11 is 1.37. The first-order chi connectivity index (χ1) is 12.0. The SMILES string of the molecule is COCc1nc(OC)c2c(C)c(C(=O)NC3CNCCC3C)sc2n1.Cl. The van der Waals surface area contributed by atoms with Crippen LogP contribution in [-0.4, -0.2) is 49.2 Å². The maximum atomic E-state index is 12.8. The Kier molecular flexibility index (Phi) is 7.16. The lowest BCUT2D eigenvalue weighted by Gasteiger charge is -2.30. The maximum Gasteiger partial charge on any atom is 0.261 e. The molecule has 7 nitrogen and oxygen atoms in total. The van der Waals surface area contributed by atoms with Crippen molar-refractivity contribution in [2.75, 3.05) is 27.3 Å². The lowest BCUT2D eigenvalue weighted by atomic mass is 9.95. The summed E-state index contributed by atoms with van der Waals surface area (Å²) in [5.41, 5.74) is 0.856. The third-order valence-corrected chi connectivity index (χ3v) is 5.80. The quantitative estimate of drug-likeness (QED) is 0.801. The molecule has 26 heavy (non-hydrogen) atoms. The first kappa shape index (κ1) is 20.8. The number of amides is 1. The predicted octanol–water partition coefficient (Wildman–Crippen LogP) is 2.30. The highest BCUT2D eigenvalue weighted by atomic mass is 35.5. The normalized spacial score (nSPS) is 19.8. The van der Waals surface area contributed by atoms with Crippen molar-refractivity contribution in [3.8, 4) is 5.88 Å². The van der Waals surface area contributed by atoms with E-state index in [2.05, 4.69) is 27.5 Å². The van der Waals surface area contributed by atoms with Gasteiger partial charge in [-0.1, -0.05) is 6.92 Å². The fourth-order valence-electron chi connectivity index (χ4n) is 3.12. The van der Waals surface area contributed by atoms with Gasteiger partial charge in [-0.15, -0.1) is 23.7 Å². The Hall–Kier alpha value is -1.48. The van der Waals surface area contributed by atoms with Gasteiger partial charge in [0.05, 0.1) is 17.4 Å². The van der Waals surface area contributed by atoms with Crippen LogP contribution in [0.1, 0.15) is 34.4 Å². The average molecular weight is 401 g/mol. The van der Waals surface area contributed by atoms with Gasteiger partial charge in [0.2, 0.25) is 5.88 Å². The molecule has 1 saturated heterocycles. The summed E-state index contributed by atoms with van der Waals surface area (Å²) < 4.78 is 10.5. The molecule has 1 amide bonds. The minimum absolute atomic E-state index is 0. The molecular formula is C17H25ClN4O3S. The van der Waals surface area contributed by atoms with Crippen LogP contribution in [-0.2, 0) is 11.3 Å². The highest BCUT2D eigenvalue weighted by Crippen LogP contribution is 2.35. The van der Waals surface area contributed by atoms with Crippen molar-refractivity contribution in [2.45, 2.75) is 32.9 Å². The summed E-state index contributed by atoms with van der Waals surface area (Å²) in [6.45, 7) is 6.20. The second-order valence-corrected chi connectivity index (χ2v) is 7.37. The van der Waals surface area contributed by atoms with Crippen LogP contribution in [0.25, 0.3) is 10.2 Å². The number of thiophene rings is 1. The van der Waals surface area contributed by atoms with Gasteiger partial charge in [-0.2, -0.15) is 4.98 Å². The Balaban J connectivity index is 0.00000243. The van der Waals surface area contributed by atoms with Crippen molar-refractivity contribution in [3.63, 3.8) is 0 Å². The first-order valence-electron chi connectivity index (χ1n) is 8.39. The van der Waals surface area contributed by atoms with E-state index in [0.717, 1.165) is 35.3 Å². The van der Waals surface area contributed by atoms with Crippen LogP contribution >= 0.6 is 23.7 Å². The number of aryl methyl sites for hydroxylation is 1. The van der Waals surface area contributed by atoms with Gasteiger partial charge in [-0.25, -0.2) is 4.98 Å². The Morgan fingerprint density at radius 2 is 2.15 bits per heavy atom. The molecule has 0 radical (unpaired) electrons. The Bertz CT molecular complexity index is 783. The zero-order valence-corrected chi connectivity index (χ0v) is 17.1. The van der Waals surface area contributed by atoms with E-state index in [1.54, 1.807) is 14.2 Å². The van der Waals surface area contributed by atoms with Gasteiger partial charge in [0, 0.05) is 19.7 Å². The fraction of sp³-hybridized carbons (Fsp3) is 0.588. The molecule has 0 spiro atoms. The van der Waals surface area contributed by atoms with Crippen LogP contribution in [0.15, 0.2) is 0 Å². The molecule has 2 N–H and O–H groups in total. The molecule has 144 valence electrons. The molecule has 0 saturated carbocycles. The van der Waals surface area contributed by atoms with Crippen molar-refractivity contribution >= 4 is 39.9 Å². The predicted molar refractivity (Wildman–Crippen MR) is 105 cm³/mol. The Morgan fingerprint density at radius 3 is 2.81 bits per heavy atom. The summed E-state index contributed by atoms with van der Waals surface area (Å²) in [5.74, 6) is 1.43. The molecule has 1 aliphatic rings. The number of halogens is 1. The molecular weight excluding hydrogens is 376 g/mol. The second-order valence-electron chi connectivity index (χ2n) is 6.37. The third kappa shape index (κ3) is 4.09. The molecule has 0 aliphatic carbocycles. The highest BCUT2D eigenvalue weighted by Gasteiger charge is 2.26. The van der Waals surface area contributed by atoms with E-state index in [1.807, 2.05) is 6.92 Å². The number of methoxy groups -OCH3 is 2. The molecule has 2 aromatic heterocycles. The third-order valence-electron chi connectivity index (χ3n) is 4.62. The second kappa shape index (κ2) is 8.94. The molecule has 9 heteroatoms. The van der Waals surface area contributed by atoms with Crippen LogP contribution < -0.4 is 15.4 Å². The number of hydrogen-bond acceptors (Lipinski definition) is 7. The maximum absolute atomic E-state index is 12.8. The monoisotopic (exact) mass is 400 g/mol. The van der Waals surface area contributed by atoms with E-state index in [-0.39, 0.29) is 24.4 Å². The number of rotatable bonds is 5. The molecule has 2 atom stereocenters. The van der Waals surface area contributed by atoms with Crippen molar-refractivity contribution in [3.05, 3.63) is 16.3 Å². The molecule has 1 fully saturated rings. The lowest BCUT2D eigenvalue weighted by molar-refractivity contribution is 0.0919. The summed E-state index contributed by atoms with van der Waals surface area (Å²) in [4.78, 5) is 23.1. The van der Waals surface area contributed by atoms with E-state index in [4.69, 9.17) is 9.47 Å². The van der Waals surface area contributed by atoms with Gasteiger partial charge < -0.3 is 20.1 Å². The average Bonchev–Trinajstić information content (AvgIpc) is 2.93. The summed E-state index contributed by atoms with van der Waals surface area (Å²) in [7, 11) is 3.17. The summed E-state index contributed by atoms with van der Waals surface area (Å²) in [6.07, 6.45) is 1.07. The smallest absolute Gasteiger partial charge is 0.261 e. The van der Waals surface area contributed by atoms with Gasteiger partial charge in [-0.3, -0.25) is 4.79 Å². The van der Waals surface area contributed by atoms with Crippen LogP contribution in [0.2, 0.25) is 0 Å². The molecule has 2 unspecified atom stereocenters. The van der Waals surface area contributed by atoms with Crippen molar-refractivity contribution in [2.24, 2.45) is 5.92 Å². The Labute approximate surface area is 163 Å². The fourth-order valence-corrected chi connectivity index (χ4v) is 4.21. The number of hydrogen-bond donors (Lipinski definition) is 2. The number of aromatic nitrogens is 2. The number of fused-ring (bicyclic) bond motifs is 1. The van der Waals surface area contributed by atoms with Crippen molar-refractivity contribution in [1.29, 1.82) is 0 Å². The van der Waals surface area contributed by atoms with Gasteiger partial charge in [0.1, 0.15) is 11.4 Å². The number of ether oxygens (including phenoxy) is 2. The van der Waals surface area contributed by atoms with Gasteiger partial charge in [0.25, 0.3) is 5.91 Å². The topological polar surface area (TPSA) is 85.4 Å². The number of carbonyl (C=O) groups is 1. The molecule has 3 rings (SSSR count). The zero-order valence-electron chi connectivity index (χ0n) is 15.4. The number of nitrogens with zero attached hydrogens (tertiary/aromatic N) is 2. The summed E-state index contributed by atoms with van der Waals surface area (Å²) in [6, 6.07) is 0.142. The molecule has 0 bridgehead atoms. The van der Waals surface area contributed by atoms with E-state index >= 15 is 0 Å². The minimum Gasteiger partial charge on any atom is -0.480 e. The van der Waals surface area contributed by atoms with E-state index in [9.17, 15) is 4.79 Å². The highest BCUT2D eigenvalue weighted by molar-refractivity contribution is 7.20. The van der Waals surface area contributed by atoms with Crippen LogP contribution in [0.3, 0.4) is 0 Å². The number of piperidine rings is 1. The van der Waals surface area contributed by atoms with Gasteiger partial charge >= 0.3 is 0 Å². The molecule has 2 aromatic rings. The van der Waals surface area contributed by atoms with Crippen molar-refractivity contribution in [1.82, 2.24) is 20.6 Å². The van der Waals surface area contributed by atoms with Crippen LogP contribution in [0.5, 0.6) is 5.88 Å². The standard InChI is InChI=1S/C17H24N4O3S.ClH/c1-9-5-6-18-7-11(9)19-15(22)14-10(2)13-16(24-4)20-12(8-23-3)21-17(13)25-14;/h9,11,18H,5-8H2,1-4H3,(H,19,22);1H. The number of carbonyl (C=O) groups excluding carboxylic acids is 1. The Morgan fingerprint density at radius 1 is 1.38 bits per heavy atom. The molecule has 0 aromatic carbocycles. The van der Waals surface area contributed by atoms with E-state index in [0.29, 0.717) is 29.1 Å². The molecule has 3 heterocycles. The van der Waals surface area contributed by atoms with Gasteiger partial charge in [0.15, 0.2) is 5.82 Å². The largest absolute Gasteiger partial charge is 0.480 e. The van der Waals surface area contributed by atoms with E-state index < -0.39 is 0 Å². The first-order valence-corrected chi connectivity index (χ1v) is 9.21. The minimum atomic E-state index is -0.0589. The van der Waals surface area contributed by atoms with E-state index in [1.165, 1.54) is 11.3 Å². The molecule has 1 aliphatic heterocycles. The summed E-state index contributed by atoms with van der Waals surface area (Å²) in [5, 5.41) is 7.29. The zero-order chi connectivity index (χ0) is 18.0. The van der Waals surface area contributed by atoms with Crippen LogP contribution in [0, 0.1) is 12.8 Å². The van der Waals surface area contributed by atoms with Crippen LogP contribution in [0.4, 0.5) is 0 Å². The number of nitrogens with one attached hydrogen (secondary N) is 2. The lowest BCUT2D eigenvalue weighted by Crippen LogP contribution is -2.50.